The molecular formula is C7H7NO4. The number of methoxy groups -OCH3 is 1. The van der Waals surface area contributed by atoms with Crippen molar-refractivity contribution in [2.24, 2.45) is 5.16 Å². The van der Waals surface area contributed by atoms with Crippen LogP contribution in [-0.2, 0) is 4.74 Å². The summed E-state index contributed by atoms with van der Waals surface area (Å²) in [6.07, 6.45) is 2.30. The maximum Gasteiger partial charge on any atom is 0.341 e. The van der Waals surface area contributed by atoms with E-state index in [4.69, 9.17) is 9.62 Å². The Labute approximate surface area is 68.2 Å². The van der Waals surface area contributed by atoms with Crippen molar-refractivity contribution < 1.29 is 19.2 Å². The van der Waals surface area contributed by atoms with Crippen LogP contribution in [0.4, 0.5) is 0 Å². The van der Waals surface area contributed by atoms with Gasteiger partial charge in [-0.3, -0.25) is 0 Å². The topological polar surface area (TPSA) is 72.0 Å². The fraction of sp³-hybridized carbons (Fsp3) is 0.143. The van der Waals surface area contributed by atoms with Gasteiger partial charge in [-0.15, -0.1) is 0 Å². The molecule has 12 heavy (non-hydrogen) atoms. The highest BCUT2D eigenvalue weighted by Crippen LogP contribution is 2.06. The standard InChI is InChI=1S/C7H7NO4/c1-11-7(9)5-2-6(3-8-10)12-4-5/h2-4,10H,1H3. The van der Waals surface area contributed by atoms with Crippen LogP contribution in [0, 0.1) is 0 Å². The number of hydrogen-bond acceptors (Lipinski definition) is 5. The van der Waals surface area contributed by atoms with Crippen molar-refractivity contribution in [2.75, 3.05) is 7.11 Å². The van der Waals surface area contributed by atoms with Gasteiger partial charge < -0.3 is 14.4 Å². The van der Waals surface area contributed by atoms with Gasteiger partial charge in [0.05, 0.1) is 12.7 Å². The third-order valence-electron chi connectivity index (χ3n) is 1.23. The van der Waals surface area contributed by atoms with Gasteiger partial charge in [-0.25, -0.2) is 4.79 Å². The zero-order chi connectivity index (χ0) is 8.97. The molecule has 0 radical (unpaired) electrons. The van der Waals surface area contributed by atoms with Gasteiger partial charge in [0.2, 0.25) is 0 Å². The quantitative estimate of drug-likeness (QED) is 0.308. The van der Waals surface area contributed by atoms with Crippen LogP contribution >= 0.6 is 0 Å². The van der Waals surface area contributed by atoms with Crippen LogP contribution in [0.5, 0.6) is 0 Å². The van der Waals surface area contributed by atoms with E-state index in [0.29, 0.717) is 0 Å². The van der Waals surface area contributed by atoms with E-state index in [9.17, 15) is 4.79 Å². The Morgan fingerprint density at radius 2 is 2.58 bits per heavy atom. The molecule has 0 unspecified atom stereocenters. The first-order chi connectivity index (χ1) is 5.77. The molecule has 64 valence electrons. The van der Waals surface area contributed by atoms with Crippen molar-refractivity contribution in [1.29, 1.82) is 0 Å². The van der Waals surface area contributed by atoms with Crippen molar-refractivity contribution in [1.82, 2.24) is 0 Å². The molecule has 5 nitrogen and oxygen atoms in total. The van der Waals surface area contributed by atoms with Crippen LogP contribution in [-0.4, -0.2) is 24.5 Å². The summed E-state index contributed by atoms with van der Waals surface area (Å²) in [6, 6.07) is 1.41. The van der Waals surface area contributed by atoms with Crippen molar-refractivity contribution in [3.8, 4) is 0 Å². The first kappa shape index (κ1) is 8.32. The second-order valence-electron chi connectivity index (χ2n) is 1.97. The smallest absolute Gasteiger partial charge is 0.341 e. The molecule has 1 N–H and O–H groups in total. The van der Waals surface area contributed by atoms with Gasteiger partial charge in [0.15, 0.2) is 0 Å². The Hall–Kier alpha value is -1.78. The first-order valence-corrected chi connectivity index (χ1v) is 3.12. The highest BCUT2D eigenvalue weighted by Gasteiger charge is 2.08. The Balaban J connectivity index is 2.84. The minimum Gasteiger partial charge on any atom is -0.465 e. The Morgan fingerprint density at radius 3 is 3.17 bits per heavy atom. The number of rotatable bonds is 2. The number of carbonyl (C=O) groups is 1. The molecular weight excluding hydrogens is 162 g/mol. The third-order valence-corrected chi connectivity index (χ3v) is 1.23. The summed E-state index contributed by atoms with van der Waals surface area (Å²) < 4.78 is 9.24. The lowest BCUT2D eigenvalue weighted by atomic mass is 10.3. The average molecular weight is 169 g/mol. The van der Waals surface area contributed by atoms with E-state index in [1.807, 2.05) is 0 Å². The lowest BCUT2D eigenvalue weighted by Gasteiger charge is -1.89. The number of hydrogen-bond donors (Lipinski definition) is 1. The van der Waals surface area contributed by atoms with Crippen LogP contribution < -0.4 is 0 Å². The van der Waals surface area contributed by atoms with E-state index in [1.54, 1.807) is 0 Å². The summed E-state index contributed by atoms with van der Waals surface area (Å²) in [6.45, 7) is 0. The summed E-state index contributed by atoms with van der Waals surface area (Å²) in [5.74, 6) is -0.200. The summed E-state index contributed by atoms with van der Waals surface area (Å²) in [5.41, 5.74) is 0.285. The van der Waals surface area contributed by atoms with Gasteiger partial charge in [0, 0.05) is 6.07 Å². The molecule has 0 amide bonds. The van der Waals surface area contributed by atoms with E-state index >= 15 is 0 Å². The summed E-state index contributed by atoms with van der Waals surface area (Å²) in [7, 11) is 1.27. The van der Waals surface area contributed by atoms with Gasteiger partial charge in [-0.1, -0.05) is 5.16 Å². The minimum absolute atomic E-state index is 0.285. The van der Waals surface area contributed by atoms with Crippen molar-refractivity contribution in [3.05, 3.63) is 23.7 Å². The van der Waals surface area contributed by atoms with E-state index in [-0.39, 0.29) is 11.3 Å². The second-order valence-corrected chi connectivity index (χ2v) is 1.97. The monoisotopic (exact) mass is 169 g/mol. The molecule has 1 rings (SSSR count). The van der Waals surface area contributed by atoms with Gasteiger partial charge in [0.25, 0.3) is 0 Å². The molecule has 0 aliphatic heterocycles. The lowest BCUT2D eigenvalue weighted by Crippen LogP contribution is -1.98. The number of carbonyl (C=O) groups excluding carboxylic acids is 1. The first-order valence-electron chi connectivity index (χ1n) is 3.12. The van der Waals surface area contributed by atoms with Crippen LogP contribution in [0.25, 0.3) is 0 Å². The maximum absolute atomic E-state index is 10.8. The van der Waals surface area contributed by atoms with Gasteiger partial charge in [-0.2, -0.15) is 0 Å². The number of oxime groups is 1. The molecule has 1 aromatic heterocycles. The summed E-state index contributed by atoms with van der Waals surface area (Å²) in [5, 5.41) is 10.9. The Morgan fingerprint density at radius 1 is 1.83 bits per heavy atom. The molecule has 1 heterocycles. The van der Waals surface area contributed by atoms with Crippen molar-refractivity contribution in [2.45, 2.75) is 0 Å². The highest BCUT2D eigenvalue weighted by molar-refractivity contribution is 5.91. The third kappa shape index (κ3) is 1.63. The largest absolute Gasteiger partial charge is 0.465 e. The molecule has 0 atom stereocenters. The number of esters is 1. The molecule has 1 aromatic rings. The fourth-order valence-electron chi connectivity index (χ4n) is 0.702. The molecule has 0 aliphatic carbocycles. The zero-order valence-corrected chi connectivity index (χ0v) is 6.35. The minimum atomic E-state index is -0.490. The molecule has 0 aromatic carbocycles. The number of furan rings is 1. The fourth-order valence-corrected chi connectivity index (χ4v) is 0.702. The molecule has 0 spiro atoms. The van der Waals surface area contributed by atoms with E-state index in [0.717, 1.165) is 6.21 Å². The van der Waals surface area contributed by atoms with Crippen LogP contribution in [0.1, 0.15) is 16.1 Å². The normalized spacial score (nSPS) is 10.4. The average Bonchev–Trinajstić information content (AvgIpc) is 2.52. The van der Waals surface area contributed by atoms with Crippen molar-refractivity contribution in [3.63, 3.8) is 0 Å². The second kappa shape index (κ2) is 3.56. The predicted octanol–water partition coefficient (Wildman–Crippen LogP) is 0.874. The number of nitrogens with zero attached hydrogens (tertiary/aromatic N) is 1. The lowest BCUT2D eigenvalue weighted by molar-refractivity contribution is 0.0600. The molecule has 0 bridgehead atoms. The number of ether oxygens (including phenoxy) is 1. The van der Waals surface area contributed by atoms with E-state index < -0.39 is 5.97 Å². The van der Waals surface area contributed by atoms with Gasteiger partial charge >= 0.3 is 5.97 Å². The van der Waals surface area contributed by atoms with E-state index in [1.165, 1.54) is 19.4 Å². The molecule has 0 aliphatic rings. The van der Waals surface area contributed by atoms with Crippen molar-refractivity contribution >= 4 is 12.2 Å². The van der Waals surface area contributed by atoms with Gasteiger partial charge in [0.1, 0.15) is 18.2 Å². The Kier molecular flexibility index (Phi) is 2.47. The SMILES string of the molecule is COC(=O)c1coc(C=NO)c1. The zero-order valence-electron chi connectivity index (χ0n) is 6.35. The van der Waals surface area contributed by atoms with E-state index in [2.05, 4.69) is 9.89 Å². The molecule has 0 saturated carbocycles. The van der Waals surface area contributed by atoms with Crippen LogP contribution in [0.15, 0.2) is 21.9 Å². The Bertz CT molecular complexity index is 302. The van der Waals surface area contributed by atoms with Crippen LogP contribution in [0.2, 0.25) is 0 Å². The molecule has 5 heteroatoms. The highest BCUT2D eigenvalue weighted by atomic mass is 16.5. The van der Waals surface area contributed by atoms with Crippen LogP contribution in [0.3, 0.4) is 0 Å². The molecule has 0 saturated heterocycles. The van der Waals surface area contributed by atoms with Gasteiger partial charge in [-0.05, 0) is 0 Å². The molecule has 0 fully saturated rings. The predicted molar refractivity (Wildman–Crippen MR) is 39.4 cm³/mol. The summed E-state index contributed by atoms with van der Waals surface area (Å²) >= 11 is 0. The summed E-state index contributed by atoms with van der Waals surface area (Å²) in [4.78, 5) is 10.8. The maximum atomic E-state index is 10.8.